The molecule has 1 aromatic heterocycles. The highest BCUT2D eigenvalue weighted by Crippen LogP contribution is 2.41. The van der Waals surface area contributed by atoms with Gasteiger partial charge in [-0.15, -0.1) is 0 Å². The van der Waals surface area contributed by atoms with Crippen LogP contribution in [0.15, 0.2) is 75.8 Å². The first-order chi connectivity index (χ1) is 16.3. The first-order valence-electron chi connectivity index (χ1n) is 11.2. The lowest BCUT2D eigenvalue weighted by molar-refractivity contribution is -0.138. The van der Waals surface area contributed by atoms with Crippen molar-refractivity contribution in [2.45, 2.75) is 34.6 Å². The van der Waals surface area contributed by atoms with E-state index in [9.17, 15) is 9.90 Å². The predicted molar refractivity (Wildman–Crippen MR) is 140 cm³/mol. The van der Waals surface area contributed by atoms with E-state index in [1.807, 2.05) is 44.2 Å². The van der Waals surface area contributed by atoms with E-state index in [1.165, 1.54) is 17.3 Å². The maximum absolute atomic E-state index is 12.7. The Balaban J connectivity index is 1.76. The van der Waals surface area contributed by atoms with Crippen LogP contribution in [-0.4, -0.2) is 27.3 Å². The maximum Gasteiger partial charge on any atom is 0.344 e. The average Bonchev–Trinajstić information content (AvgIpc) is 3.25. The van der Waals surface area contributed by atoms with Gasteiger partial charge in [0.25, 0.3) is 0 Å². The molecule has 2 heterocycles. The zero-order valence-electron chi connectivity index (χ0n) is 20.0. The summed E-state index contributed by atoms with van der Waals surface area (Å²) < 4.78 is 7.39. The SMILES string of the molecule is CCOC(=O)C1=C(O)/C(=C\c2cc(C)n(-c3ccc(C)cc3)c2C)SC1=Nc1ccc(C)cc1. The number of hydrogen-bond acceptors (Lipinski definition) is 5. The van der Waals surface area contributed by atoms with Gasteiger partial charge in [0, 0.05) is 17.1 Å². The third-order valence-corrected chi connectivity index (χ3v) is 6.70. The Hall–Kier alpha value is -3.51. The normalized spacial score (nSPS) is 16.0. The van der Waals surface area contributed by atoms with Gasteiger partial charge in [0.05, 0.1) is 17.2 Å². The highest BCUT2D eigenvalue weighted by molar-refractivity contribution is 8.18. The Kier molecular flexibility index (Phi) is 6.80. The topological polar surface area (TPSA) is 63.8 Å². The molecule has 0 amide bonds. The van der Waals surface area contributed by atoms with Crippen molar-refractivity contribution in [2.75, 3.05) is 6.61 Å². The number of nitrogens with zero attached hydrogens (tertiary/aromatic N) is 2. The molecule has 0 unspecified atom stereocenters. The first kappa shape index (κ1) is 23.6. The monoisotopic (exact) mass is 472 g/mol. The summed E-state index contributed by atoms with van der Waals surface area (Å²) >= 11 is 1.27. The van der Waals surface area contributed by atoms with E-state index < -0.39 is 5.97 Å². The van der Waals surface area contributed by atoms with Gasteiger partial charge in [-0.05, 0) is 76.6 Å². The lowest BCUT2D eigenvalue weighted by atomic mass is 10.1. The number of thioether (sulfide) groups is 1. The van der Waals surface area contributed by atoms with E-state index in [0.29, 0.717) is 15.6 Å². The van der Waals surface area contributed by atoms with Crippen LogP contribution in [0.3, 0.4) is 0 Å². The van der Waals surface area contributed by atoms with Crippen molar-refractivity contribution in [3.63, 3.8) is 0 Å². The number of ether oxygens (including phenoxy) is 1. The molecule has 34 heavy (non-hydrogen) atoms. The van der Waals surface area contributed by atoms with Crippen molar-refractivity contribution in [3.05, 3.63) is 98.9 Å². The van der Waals surface area contributed by atoms with Crippen molar-refractivity contribution < 1.29 is 14.6 Å². The van der Waals surface area contributed by atoms with Crippen molar-refractivity contribution in [1.82, 2.24) is 4.57 Å². The second-order valence-corrected chi connectivity index (χ2v) is 9.34. The van der Waals surface area contributed by atoms with Crippen LogP contribution >= 0.6 is 11.8 Å². The third kappa shape index (κ3) is 4.73. The summed E-state index contributed by atoms with van der Waals surface area (Å²) in [5.41, 5.74) is 7.31. The second kappa shape index (κ2) is 9.77. The number of carbonyl (C=O) groups excluding carboxylic acids is 1. The molecule has 2 aromatic carbocycles. The summed E-state index contributed by atoms with van der Waals surface area (Å²) in [6.07, 6.45) is 1.91. The van der Waals surface area contributed by atoms with Crippen molar-refractivity contribution in [1.29, 1.82) is 0 Å². The van der Waals surface area contributed by atoms with Crippen molar-refractivity contribution in [3.8, 4) is 5.69 Å². The molecule has 0 spiro atoms. The average molecular weight is 473 g/mol. The molecule has 0 saturated heterocycles. The van der Waals surface area contributed by atoms with Gasteiger partial charge in [-0.3, -0.25) is 0 Å². The van der Waals surface area contributed by atoms with Gasteiger partial charge in [0.1, 0.15) is 16.4 Å². The van der Waals surface area contributed by atoms with Crippen LogP contribution in [0.25, 0.3) is 11.8 Å². The summed E-state index contributed by atoms with van der Waals surface area (Å²) in [6.45, 7) is 10.1. The van der Waals surface area contributed by atoms with Crippen LogP contribution in [0, 0.1) is 27.7 Å². The fourth-order valence-corrected chi connectivity index (χ4v) is 4.92. The molecule has 0 saturated carbocycles. The minimum Gasteiger partial charge on any atom is -0.506 e. The third-order valence-electron chi connectivity index (χ3n) is 5.68. The highest BCUT2D eigenvalue weighted by Gasteiger charge is 2.33. The fraction of sp³-hybridized carbons (Fsp3) is 0.214. The van der Waals surface area contributed by atoms with Crippen molar-refractivity contribution in [2.24, 2.45) is 4.99 Å². The number of aliphatic hydroxyl groups excluding tert-OH is 1. The number of benzene rings is 2. The Morgan fingerprint density at radius 2 is 1.65 bits per heavy atom. The number of aliphatic hydroxyl groups is 1. The number of aromatic nitrogens is 1. The Morgan fingerprint density at radius 1 is 1.03 bits per heavy atom. The minimum atomic E-state index is -0.577. The molecule has 5 nitrogen and oxygen atoms in total. The van der Waals surface area contributed by atoms with Crippen molar-refractivity contribution >= 4 is 34.5 Å². The molecule has 0 atom stereocenters. The molecule has 1 N–H and O–H groups in total. The summed E-state index contributed by atoms with van der Waals surface area (Å²) in [5, 5.41) is 11.4. The van der Waals surface area contributed by atoms with E-state index in [4.69, 9.17) is 4.74 Å². The highest BCUT2D eigenvalue weighted by atomic mass is 32.2. The number of hydrogen-bond donors (Lipinski definition) is 1. The summed E-state index contributed by atoms with van der Waals surface area (Å²) in [4.78, 5) is 17.9. The first-order valence-corrected chi connectivity index (χ1v) is 12.0. The maximum atomic E-state index is 12.7. The van der Waals surface area contributed by atoms with Crippen LogP contribution in [0.2, 0.25) is 0 Å². The van der Waals surface area contributed by atoms with Crippen LogP contribution in [0.5, 0.6) is 0 Å². The molecule has 174 valence electrons. The lowest BCUT2D eigenvalue weighted by Crippen LogP contribution is -2.12. The van der Waals surface area contributed by atoms with E-state index in [-0.39, 0.29) is 17.9 Å². The molecule has 3 aromatic rings. The molecule has 0 bridgehead atoms. The van der Waals surface area contributed by atoms with E-state index >= 15 is 0 Å². The Bertz CT molecular complexity index is 1330. The molecular formula is C28H28N2O3S. The lowest BCUT2D eigenvalue weighted by Gasteiger charge is -2.10. The van der Waals surface area contributed by atoms with E-state index in [2.05, 4.69) is 53.7 Å². The molecule has 0 aliphatic carbocycles. The zero-order chi connectivity index (χ0) is 24.4. The van der Waals surface area contributed by atoms with Gasteiger partial charge in [-0.2, -0.15) is 0 Å². The predicted octanol–water partition coefficient (Wildman–Crippen LogP) is 6.90. The number of aryl methyl sites for hydroxylation is 3. The fourth-order valence-electron chi connectivity index (χ4n) is 3.89. The molecule has 6 heteroatoms. The zero-order valence-corrected chi connectivity index (χ0v) is 20.9. The van der Waals surface area contributed by atoms with Crippen LogP contribution in [-0.2, 0) is 9.53 Å². The molecule has 4 rings (SSSR count). The van der Waals surface area contributed by atoms with Crippen LogP contribution < -0.4 is 0 Å². The van der Waals surface area contributed by atoms with Gasteiger partial charge >= 0.3 is 5.97 Å². The smallest absolute Gasteiger partial charge is 0.344 e. The molecule has 1 aliphatic heterocycles. The molecule has 0 radical (unpaired) electrons. The Labute approximate surface area is 204 Å². The summed E-state index contributed by atoms with van der Waals surface area (Å²) in [7, 11) is 0. The minimum absolute atomic E-state index is 0.102. The Morgan fingerprint density at radius 3 is 2.26 bits per heavy atom. The van der Waals surface area contributed by atoms with Gasteiger partial charge in [-0.25, -0.2) is 9.79 Å². The molecule has 0 fully saturated rings. The standard InChI is InChI=1S/C28H28N2O3S/c1-6-33-28(32)25-26(31)24(34-27(25)29-22-11-7-17(2)8-12-22)16-21-15-19(4)30(20(21)5)23-13-9-18(3)10-14-23/h7-16,31H,6H2,1-5H3/b24-16+,29-27?. The van der Waals surface area contributed by atoms with E-state index in [1.54, 1.807) is 6.92 Å². The number of esters is 1. The summed E-state index contributed by atoms with van der Waals surface area (Å²) in [6, 6.07) is 18.2. The van der Waals surface area contributed by atoms with Gasteiger partial charge in [0.15, 0.2) is 0 Å². The number of carbonyl (C=O) groups is 1. The van der Waals surface area contributed by atoms with Crippen LogP contribution in [0.1, 0.15) is 35.0 Å². The van der Waals surface area contributed by atoms with Gasteiger partial charge in [-0.1, -0.05) is 47.2 Å². The largest absolute Gasteiger partial charge is 0.506 e. The number of aliphatic imine (C=N–C) groups is 1. The van der Waals surface area contributed by atoms with Crippen LogP contribution in [0.4, 0.5) is 5.69 Å². The quantitative estimate of drug-likeness (QED) is 0.410. The van der Waals surface area contributed by atoms with Gasteiger partial charge < -0.3 is 14.4 Å². The summed E-state index contributed by atoms with van der Waals surface area (Å²) in [5.74, 6) is -0.679. The second-order valence-electron chi connectivity index (χ2n) is 8.30. The number of rotatable bonds is 5. The van der Waals surface area contributed by atoms with E-state index in [0.717, 1.165) is 28.2 Å². The van der Waals surface area contributed by atoms with Gasteiger partial charge in [0.2, 0.25) is 0 Å². The molecular weight excluding hydrogens is 444 g/mol. The molecule has 1 aliphatic rings.